The zero-order valence-electron chi connectivity index (χ0n) is 8.76. The van der Waals surface area contributed by atoms with Crippen molar-refractivity contribution in [1.82, 2.24) is 5.32 Å². The minimum Gasteiger partial charge on any atom is -0.396 e. The summed E-state index contributed by atoms with van der Waals surface area (Å²) in [6.07, 6.45) is 7.91. The zero-order valence-corrected chi connectivity index (χ0v) is 8.76. The van der Waals surface area contributed by atoms with Gasteiger partial charge in [-0.15, -0.1) is 0 Å². The Morgan fingerprint density at radius 2 is 2.08 bits per heavy atom. The smallest absolute Gasteiger partial charge is 0.0456 e. The van der Waals surface area contributed by atoms with Crippen LogP contribution in [0.4, 0.5) is 0 Å². The molecule has 1 aliphatic rings. The highest BCUT2D eigenvalue weighted by Gasteiger charge is 2.13. The van der Waals surface area contributed by atoms with Crippen molar-refractivity contribution in [3.63, 3.8) is 0 Å². The molecule has 0 heterocycles. The maximum atomic E-state index is 8.83. The molecule has 0 bridgehead atoms. The molecular formula is C11H23NO. The number of hydrogen-bond acceptors (Lipinski definition) is 2. The van der Waals surface area contributed by atoms with E-state index in [1.54, 1.807) is 0 Å². The van der Waals surface area contributed by atoms with E-state index < -0.39 is 0 Å². The van der Waals surface area contributed by atoms with Crippen LogP contribution in [-0.2, 0) is 0 Å². The molecule has 0 spiro atoms. The van der Waals surface area contributed by atoms with Gasteiger partial charge in [0.15, 0.2) is 0 Å². The third-order valence-corrected chi connectivity index (χ3v) is 2.97. The molecule has 2 nitrogen and oxygen atoms in total. The van der Waals surface area contributed by atoms with E-state index >= 15 is 0 Å². The molecule has 0 aromatic heterocycles. The van der Waals surface area contributed by atoms with E-state index in [9.17, 15) is 0 Å². The van der Waals surface area contributed by atoms with Gasteiger partial charge in [0, 0.05) is 12.6 Å². The molecule has 0 aromatic rings. The number of hydrogen-bond donors (Lipinski definition) is 2. The molecular weight excluding hydrogens is 162 g/mol. The van der Waals surface area contributed by atoms with Crippen LogP contribution >= 0.6 is 0 Å². The maximum absolute atomic E-state index is 8.83. The van der Waals surface area contributed by atoms with Crippen LogP contribution in [0.2, 0.25) is 0 Å². The quantitative estimate of drug-likeness (QED) is 0.620. The van der Waals surface area contributed by atoms with Gasteiger partial charge in [-0.1, -0.05) is 19.8 Å². The molecule has 0 radical (unpaired) electrons. The molecule has 1 fully saturated rings. The Morgan fingerprint density at radius 3 is 2.69 bits per heavy atom. The normalized spacial score (nSPS) is 20.8. The summed E-state index contributed by atoms with van der Waals surface area (Å²) >= 11 is 0. The molecule has 1 aliphatic carbocycles. The third kappa shape index (κ3) is 4.63. The summed E-state index contributed by atoms with van der Waals surface area (Å²) in [4.78, 5) is 0. The number of nitrogens with one attached hydrogen (secondary N) is 1. The van der Waals surface area contributed by atoms with Crippen molar-refractivity contribution >= 4 is 0 Å². The third-order valence-electron chi connectivity index (χ3n) is 2.97. The fraction of sp³-hybridized carbons (Fsp3) is 1.00. The molecule has 0 saturated heterocycles. The highest BCUT2D eigenvalue weighted by Crippen LogP contribution is 2.17. The molecule has 78 valence electrons. The Kier molecular flexibility index (Phi) is 5.40. The van der Waals surface area contributed by atoms with E-state index in [-0.39, 0.29) is 0 Å². The number of rotatable bonds is 6. The largest absolute Gasteiger partial charge is 0.396 e. The molecule has 0 aliphatic heterocycles. The van der Waals surface area contributed by atoms with E-state index in [2.05, 4.69) is 12.2 Å². The topological polar surface area (TPSA) is 32.3 Å². The van der Waals surface area contributed by atoms with E-state index in [1.807, 2.05) is 0 Å². The Labute approximate surface area is 81.7 Å². The maximum Gasteiger partial charge on any atom is 0.0456 e. The molecule has 1 rings (SSSR count). The summed E-state index contributed by atoms with van der Waals surface area (Å²) in [6, 6.07) is 0.796. The van der Waals surface area contributed by atoms with Crippen molar-refractivity contribution in [2.75, 3.05) is 13.2 Å². The lowest BCUT2D eigenvalue weighted by Crippen LogP contribution is -2.27. The summed E-state index contributed by atoms with van der Waals surface area (Å²) in [5.41, 5.74) is 0. The first kappa shape index (κ1) is 11.0. The predicted octanol–water partition coefficient (Wildman–Crippen LogP) is 1.93. The minimum absolute atomic E-state index is 0.337. The average molecular weight is 185 g/mol. The van der Waals surface area contributed by atoms with Gasteiger partial charge in [-0.05, 0) is 38.1 Å². The van der Waals surface area contributed by atoms with Gasteiger partial charge in [0.25, 0.3) is 0 Å². The lowest BCUT2D eigenvalue weighted by molar-refractivity contribution is 0.227. The van der Waals surface area contributed by atoms with Crippen LogP contribution in [0, 0.1) is 5.92 Å². The van der Waals surface area contributed by atoms with Crippen molar-refractivity contribution in [2.45, 2.75) is 51.5 Å². The number of aliphatic hydroxyl groups is 1. The van der Waals surface area contributed by atoms with E-state index in [0.29, 0.717) is 12.5 Å². The molecule has 2 N–H and O–H groups in total. The van der Waals surface area contributed by atoms with Crippen LogP contribution in [0.5, 0.6) is 0 Å². The second kappa shape index (κ2) is 6.39. The van der Waals surface area contributed by atoms with E-state index in [4.69, 9.17) is 5.11 Å². The lowest BCUT2D eigenvalue weighted by Gasteiger charge is -2.12. The Bertz CT molecular complexity index is 121. The predicted molar refractivity (Wildman–Crippen MR) is 55.7 cm³/mol. The summed E-state index contributed by atoms with van der Waals surface area (Å²) in [6.45, 7) is 3.58. The molecule has 2 heteroatoms. The molecule has 0 aromatic carbocycles. The SMILES string of the molecule is CC(CO)CCCNC1CCCC1. The van der Waals surface area contributed by atoms with Crippen molar-refractivity contribution in [3.05, 3.63) is 0 Å². The molecule has 1 saturated carbocycles. The van der Waals surface area contributed by atoms with Gasteiger partial charge in [-0.2, -0.15) is 0 Å². The Balaban J connectivity index is 1.88. The van der Waals surface area contributed by atoms with Gasteiger partial charge < -0.3 is 10.4 Å². The van der Waals surface area contributed by atoms with E-state index in [1.165, 1.54) is 32.1 Å². The average Bonchev–Trinajstić information content (AvgIpc) is 2.64. The van der Waals surface area contributed by atoms with Crippen molar-refractivity contribution in [3.8, 4) is 0 Å². The number of aliphatic hydroxyl groups excluding tert-OH is 1. The molecule has 0 amide bonds. The molecule has 1 unspecified atom stereocenters. The summed E-state index contributed by atoms with van der Waals surface area (Å²) in [5.74, 6) is 0.477. The molecule has 13 heavy (non-hydrogen) atoms. The standard InChI is InChI=1S/C11H23NO/c1-10(9-13)5-4-8-12-11-6-2-3-7-11/h10-13H,2-9H2,1H3. The summed E-state index contributed by atoms with van der Waals surface area (Å²) in [7, 11) is 0. The van der Waals surface area contributed by atoms with Gasteiger partial charge >= 0.3 is 0 Å². The second-order valence-electron chi connectivity index (χ2n) is 4.37. The minimum atomic E-state index is 0.337. The monoisotopic (exact) mass is 185 g/mol. The van der Waals surface area contributed by atoms with Gasteiger partial charge in [0.2, 0.25) is 0 Å². The van der Waals surface area contributed by atoms with Gasteiger partial charge in [-0.3, -0.25) is 0 Å². The lowest BCUT2D eigenvalue weighted by atomic mass is 10.1. The highest BCUT2D eigenvalue weighted by molar-refractivity contribution is 4.73. The zero-order chi connectivity index (χ0) is 9.52. The van der Waals surface area contributed by atoms with E-state index in [0.717, 1.165) is 19.0 Å². The second-order valence-corrected chi connectivity index (χ2v) is 4.37. The fourth-order valence-corrected chi connectivity index (χ4v) is 1.98. The van der Waals surface area contributed by atoms with Gasteiger partial charge in [-0.25, -0.2) is 0 Å². The van der Waals surface area contributed by atoms with Crippen LogP contribution in [0.15, 0.2) is 0 Å². The van der Waals surface area contributed by atoms with Gasteiger partial charge in [0.1, 0.15) is 0 Å². The van der Waals surface area contributed by atoms with Crippen molar-refractivity contribution in [1.29, 1.82) is 0 Å². The van der Waals surface area contributed by atoms with Crippen LogP contribution in [-0.4, -0.2) is 24.3 Å². The van der Waals surface area contributed by atoms with Crippen LogP contribution in [0.1, 0.15) is 45.4 Å². The highest BCUT2D eigenvalue weighted by atomic mass is 16.3. The first-order valence-electron chi connectivity index (χ1n) is 5.67. The first-order valence-corrected chi connectivity index (χ1v) is 5.67. The summed E-state index contributed by atoms with van der Waals surface area (Å²) < 4.78 is 0. The summed E-state index contributed by atoms with van der Waals surface area (Å²) in [5, 5.41) is 12.4. The van der Waals surface area contributed by atoms with Crippen LogP contribution < -0.4 is 5.32 Å². The van der Waals surface area contributed by atoms with Gasteiger partial charge in [0.05, 0.1) is 0 Å². The first-order chi connectivity index (χ1) is 6.33. The Hall–Kier alpha value is -0.0800. The Morgan fingerprint density at radius 1 is 1.38 bits per heavy atom. The van der Waals surface area contributed by atoms with Crippen molar-refractivity contribution in [2.24, 2.45) is 5.92 Å². The van der Waals surface area contributed by atoms with Crippen LogP contribution in [0.3, 0.4) is 0 Å². The fourth-order valence-electron chi connectivity index (χ4n) is 1.98. The molecule has 1 atom stereocenters. The van der Waals surface area contributed by atoms with Crippen molar-refractivity contribution < 1.29 is 5.11 Å². The van der Waals surface area contributed by atoms with Crippen LogP contribution in [0.25, 0.3) is 0 Å².